The van der Waals surface area contributed by atoms with E-state index in [9.17, 15) is 4.79 Å². The largest absolute Gasteiger partial charge is 0.307 e. The van der Waals surface area contributed by atoms with Gasteiger partial charge < -0.3 is 10.3 Å². The number of pyridine rings is 2. The minimum Gasteiger partial charge on any atom is -0.307 e. The van der Waals surface area contributed by atoms with Crippen LogP contribution in [0.4, 0.5) is 0 Å². The van der Waals surface area contributed by atoms with Crippen LogP contribution in [0.3, 0.4) is 0 Å². The van der Waals surface area contributed by atoms with Gasteiger partial charge in [-0.25, -0.2) is 4.98 Å². The standard InChI is InChI=1S/C19H19N3O/c1-12(21-15-6-7-15)13-2-4-14(5-3-13)16-10-11-20-19-17(16)8-9-18(23)22-19/h2-5,8-12,15,21H,6-7H2,1H3,(H,20,22,23)/t12-/m1/s1. The third-order valence-corrected chi connectivity index (χ3v) is 4.42. The number of fused-ring (bicyclic) bond motifs is 1. The second-order valence-corrected chi connectivity index (χ2v) is 6.23. The zero-order valence-corrected chi connectivity index (χ0v) is 13.0. The first-order valence-electron chi connectivity index (χ1n) is 8.05. The van der Waals surface area contributed by atoms with E-state index in [4.69, 9.17) is 0 Å². The molecule has 0 spiro atoms. The monoisotopic (exact) mass is 305 g/mol. The zero-order chi connectivity index (χ0) is 15.8. The molecular formula is C19H19N3O. The van der Waals surface area contributed by atoms with Crippen LogP contribution in [0.1, 0.15) is 31.4 Å². The highest BCUT2D eigenvalue weighted by atomic mass is 16.1. The summed E-state index contributed by atoms with van der Waals surface area (Å²) in [5.41, 5.74) is 4.01. The highest BCUT2D eigenvalue weighted by Crippen LogP contribution is 2.28. The van der Waals surface area contributed by atoms with E-state index in [0.29, 0.717) is 17.7 Å². The summed E-state index contributed by atoms with van der Waals surface area (Å²) in [5.74, 6) is 0. The molecule has 1 atom stereocenters. The van der Waals surface area contributed by atoms with Crippen molar-refractivity contribution in [3.63, 3.8) is 0 Å². The molecule has 4 rings (SSSR count). The summed E-state index contributed by atoms with van der Waals surface area (Å²) in [5, 5.41) is 4.58. The zero-order valence-electron chi connectivity index (χ0n) is 13.0. The number of nitrogens with one attached hydrogen (secondary N) is 2. The number of H-pyrrole nitrogens is 1. The van der Waals surface area contributed by atoms with Crippen molar-refractivity contribution >= 4 is 11.0 Å². The molecule has 4 nitrogen and oxygen atoms in total. The predicted molar refractivity (Wildman–Crippen MR) is 92.4 cm³/mol. The average Bonchev–Trinajstić information content (AvgIpc) is 3.38. The second kappa shape index (κ2) is 5.63. The van der Waals surface area contributed by atoms with Crippen molar-refractivity contribution in [3.8, 4) is 11.1 Å². The quantitative estimate of drug-likeness (QED) is 0.776. The lowest BCUT2D eigenvalue weighted by atomic mass is 9.99. The van der Waals surface area contributed by atoms with E-state index in [-0.39, 0.29) is 5.56 Å². The van der Waals surface area contributed by atoms with Crippen LogP contribution in [0, 0.1) is 0 Å². The van der Waals surface area contributed by atoms with Crippen LogP contribution in [-0.4, -0.2) is 16.0 Å². The highest BCUT2D eigenvalue weighted by molar-refractivity contribution is 5.92. The summed E-state index contributed by atoms with van der Waals surface area (Å²) in [6.07, 6.45) is 4.33. The van der Waals surface area contributed by atoms with Crippen LogP contribution < -0.4 is 10.9 Å². The Bertz CT molecular complexity index is 894. The first kappa shape index (κ1) is 14.2. The second-order valence-electron chi connectivity index (χ2n) is 6.23. The van der Waals surface area contributed by atoms with Crippen LogP contribution in [0.25, 0.3) is 22.2 Å². The van der Waals surface area contributed by atoms with E-state index >= 15 is 0 Å². The van der Waals surface area contributed by atoms with Crippen molar-refractivity contribution in [1.29, 1.82) is 0 Å². The summed E-state index contributed by atoms with van der Waals surface area (Å²) in [6.45, 7) is 2.21. The van der Waals surface area contributed by atoms with Crippen molar-refractivity contribution in [2.75, 3.05) is 0 Å². The molecule has 2 heterocycles. The molecule has 0 radical (unpaired) electrons. The number of hydrogen-bond donors (Lipinski definition) is 2. The van der Waals surface area contributed by atoms with Crippen LogP contribution in [0.2, 0.25) is 0 Å². The number of rotatable bonds is 4. The molecule has 0 amide bonds. The van der Waals surface area contributed by atoms with Gasteiger partial charge in [0.15, 0.2) is 0 Å². The smallest absolute Gasteiger partial charge is 0.249 e. The Morgan fingerprint density at radius 1 is 1.13 bits per heavy atom. The molecule has 1 aliphatic rings. The molecule has 4 heteroatoms. The normalized spacial score (nSPS) is 15.7. The number of aromatic amines is 1. The maximum absolute atomic E-state index is 11.4. The summed E-state index contributed by atoms with van der Waals surface area (Å²) < 4.78 is 0. The number of benzene rings is 1. The van der Waals surface area contributed by atoms with E-state index in [0.717, 1.165) is 16.5 Å². The Morgan fingerprint density at radius 3 is 2.65 bits per heavy atom. The fourth-order valence-corrected chi connectivity index (χ4v) is 2.96. The van der Waals surface area contributed by atoms with Crippen molar-refractivity contribution in [2.24, 2.45) is 0 Å². The van der Waals surface area contributed by atoms with Crippen LogP contribution in [-0.2, 0) is 0 Å². The molecule has 23 heavy (non-hydrogen) atoms. The van der Waals surface area contributed by atoms with Gasteiger partial charge in [-0.1, -0.05) is 24.3 Å². The molecule has 0 unspecified atom stereocenters. The molecular weight excluding hydrogens is 286 g/mol. The minimum absolute atomic E-state index is 0.127. The lowest BCUT2D eigenvalue weighted by molar-refractivity contribution is 0.571. The van der Waals surface area contributed by atoms with Crippen molar-refractivity contribution in [3.05, 3.63) is 64.6 Å². The Morgan fingerprint density at radius 2 is 1.91 bits per heavy atom. The fraction of sp³-hybridized carbons (Fsp3) is 0.263. The predicted octanol–water partition coefficient (Wildman–Crippen LogP) is 3.40. The van der Waals surface area contributed by atoms with Crippen LogP contribution in [0.5, 0.6) is 0 Å². The van der Waals surface area contributed by atoms with Crippen LogP contribution in [0.15, 0.2) is 53.5 Å². The van der Waals surface area contributed by atoms with Gasteiger partial charge in [0.25, 0.3) is 0 Å². The molecule has 0 bridgehead atoms. The van der Waals surface area contributed by atoms with Gasteiger partial charge in [-0.3, -0.25) is 4.79 Å². The van der Waals surface area contributed by atoms with Crippen molar-refractivity contribution in [1.82, 2.24) is 15.3 Å². The number of aromatic nitrogens is 2. The van der Waals surface area contributed by atoms with Crippen LogP contribution >= 0.6 is 0 Å². The van der Waals surface area contributed by atoms with Gasteiger partial charge in [0, 0.05) is 29.7 Å². The van der Waals surface area contributed by atoms with E-state index in [1.165, 1.54) is 18.4 Å². The maximum Gasteiger partial charge on any atom is 0.249 e. The van der Waals surface area contributed by atoms with Gasteiger partial charge in [0.05, 0.1) is 0 Å². The van der Waals surface area contributed by atoms with Gasteiger partial charge >= 0.3 is 0 Å². The molecule has 1 fully saturated rings. The third-order valence-electron chi connectivity index (χ3n) is 4.42. The van der Waals surface area contributed by atoms with E-state index < -0.39 is 0 Å². The maximum atomic E-state index is 11.4. The van der Waals surface area contributed by atoms with Gasteiger partial charge in [0.1, 0.15) is 5.65 Å². The molecule has 1 aromatic carbocycles. The minimum atomic E-state index is -0.127. The van der Waals surface area contributed by atoms with E-state index in [1.54, 1.807) is 12.3 Å². The summed E-state index contributed by atoms with van der Waals surface area (Å²) >= 11 is 0. The Balaban J connectivity index is 1.69. The average molecular weight is 305 g/mol. The van der Waals surface area contributed by atoms with Gasteiger partial charge in [0.2, 0.25) is 5.56 Å². The summed E-state index contributed by atoms with van der Waals surface area (Å²) in [7, 11) is 0. The molecule has 3 aromatic rings. The molecule has 2 N–H and O–H groups in total. The van der Waals surface area contributed by atoms with E-state index in [2.05, 4.69) is 46.5 Å². The molecule has 0 saturated heterocycles. The SMILES string of the molecule is C[C@@H](NC1CC1)c1ccc(-c2ccnc3[nH]c(=O)ccc23)cc1. The lowest BCUT2D eigenvalue weighted by Gasteiger charge is -2.14. The molecule has 116 valence electrons. The number of hydrogen-bond acceptors (Lipinski definition) is 3. The lowest BCUT2D eigenvalue weighted by Crippen LogP contribution is -2.20. The van der Waals surface area contributed by atoms with Gasteiger partial charge in [-0.05, 0) is 48.6 Å². The Labute approximate surface area is 134 Å². The van der Waals surface area contributed by atoms with E-state index in [1.807, 2.05) is 12.1 Å². The Kier molecular flexibility index (Phi) is 3.46. The Hall–Kier alpha value is -2.46. The van der Waals surface area contributed by atoms with Crippen molar-refractivity contribution in [2.45, 2.75) is 31.8 Å². The summed E-state index contributed by atoms with van der Waals surface area (Å²) in [6, 6.07) is 15.1. The number of nitrogens with zero attached hydrogens (tertiary/aromatic N) is 1. The first-order valence-corrected chi connectivity index (χ1v) is 8.05. The molecule has 1 aliphatic carbocycles. The van der Waals surface area contributed by atoms with Crippen molar-refractivity contribution < 1.29 is 0 Å². The molecule has 1 saturated carbocycles. The molecule has 0 aliphatic heterocycles. The first-order chi connectivity index (χ1) is 11.2. The highest BCUT2D eigenvalue weighted by Gasteiger charge is 2.23. The molecule has 2 aromatic heterocycles. The topological polar surface area (TPSA) is 57.8 Å². The van der Waals surface area contributed by atoms with Gasteiger partial charge in [-0.15, -0.1) is 0 Å². The third kappa shape index (κ3) is 2.90. The van der Waals surface area contributed by atoms with Gasteiger partial charge in [-0.2, -0.15) is 0 Å². The summed E-state index contributed by atoms with van der Waals surface area (Å²) in [4.78, 5) is 18.5. The fourth-order valence-electron chi connectivity index (χ4n) is 2.96.